The van der Waals surface area contributed by atoms with Crippen LogP contribution < -0.4 is 4.74 Å². The van der Waals surface area contributed by atoms with Gasteiger partial charge in [0.05, 0.1) is 25.9 Å². The number of carbonyl (C=O) groups excluding carboxylic acids is 1. The summed E-state index contributed by atoms with van der Waals surface area (Å²) < 4.78 is 17.1. The quantitative estimate of drug-likeness (QED) is 0.797. The number of fused-ring (bicyclic) bond motifs is 3. The van der Waals surface area contributed by atoms with Gasteiger partial charge in [-0.2, -0.15) is 0 Å². The lowest BCUT2D eigenvalue weighted by atomic mass is 9.81. The van der Waals surface area contributed by atoms with Crippen molar-refractivity contribution in [2.45, 2.75) is 51.4 Å². The summed E-state index contributed by atoms with van der Waals surface area (Å²) in [4.78, 5) is 14.2. The molecule has 2 aliphatic heterocycles. The smallest absolute Gasteiger partial charge is 0.410 e. The van der Waals surface area contributed by atoms with E-state index in [1.54, 1.807) is 12.0 Å². The molecule has 1 saturated heterocycles. The summed E-state index contributed by atoms with van der Waals surface area (Å²) in [5.74, 6) is 0.981. The van der Waals surface area contributed by atoms with E-state index in [2.05, 4.69) is 13.0 Å². The maximum absolute atomic E-state index is 12.4. The molecule has 0 saturated carbocycles. The summed E-state index contributed by atoms with van der Waals surface area (Å²) in [7, 11) is 1.67. The second-order valence-corrected chi connectivity index (χ2v) is 7.54. The van der Waals surface area contributed by atoms with Crippen LogP contribution in [0.1, 0.15) is 44.7 Å². The maximum atomic E-state index is 12.4. The van der Waals surface area contributed by atoms with Crippen molar-refractivity contribution in [3.63, 3.8) is 0 Å². The number of hydrogen-bond donors (Lipinski definition) is 0. The minimum absolute atomic E-state index is 0.133. The number of amides is 1. The molecule has 1 aromatic rings. The van der Waals surface area contributed by atoms with Crippen molar-refractivity contribution in [1.29, 1.82) is 0 Å². The molecular formula is C18H25NO4. The topological polar surface area (TPSA) is 48.0 Å². The van der Waals surface area contributed by atoms with Gasteiger partial charge >= 0.3 is 6.09 Å². The van der Waals surface area contributed by atoms with Crippen LogP contribution in [0.3, 0.4) is 0 Å². The monoisotopic (exact) mass is 319 g/mol. The largest absolute Gasteiger partial charge is 0.496 e. The van der Waals surface area contributed by atoms with Crippen LogP contribution in [-0.4, -0.2) is 42.4 Å². The Kier molecular flexibility index (Phi) is 3.79. The van der Waals surface area contributed by atoms with E-state index in [1.807, 2.05) is 32.9 Å². The van der Waals surface area contributed by atoms with Gasteiger partial charge < -0.3 is 19.1 Å². The Labute approximate surface area is 137 Å². The van der Waals surface area contributed by atoms with Gasteiger partial charge in [-0.05, 0) is 39.3 Å². The summed E-state index contributed by atoms with van der Waals surface area (Å²) >= 11 is 0. The highest BCUT2D eigenvalue weighted by atomic mass is 16.6. The molecular weight excluding hydrogens is 294 g/mol. The molecule has 1 fully saturated rings. The third kappa shape index (κ3) is 2.90. The molecule has 1 aromatic carbocycles. The average Bonchev–Trinajstić information content (AvgIpc) is 2.83. The fourth-order valence-electron chi connectivity index (χ4n) is 3.50. The molecule has 0 radical (unpaired) electrons. The zero-order valence-electron chi connectivity index (χ0n) is 14.5. The van der Waals surface area contributed by atoms with E-state index in [9.17, 15) is 4.79 Å². The Bertz CT molecular complexity index is 622. The zero-order chi connectivity index (χ0) is 16.8. The highest BCUT2D eigenvalue weighted by molar-refractivity contribution is 5.69. The van der Waals surface area contributed by atoms with Gasteiger partial charge in [-0.25, -0.2) is 4.79 Å². The van der Waals surface area contributed by atoms with Crippen molar-refractivity contribution in [3.8, 4) is 5.75 Å². The fourth-order valence-corrected chi connectivity index (χ4v) is 3.50. The SMILES string of the molecule is COc1cccc2c1COC1(C)CN(C(=O)OC(C)(C)C)CC21. The minimum Gasteiger partial charge on any atom is -0.496 e. The summed E-state index contributed by atoms with van der Waals surface area (Å²) in [6.45, 7) is 9.37. The first-order valence-corrected chi connectivity index (χ1v) is 8.01. The lowest BCUT2D eigenvalue weighted by Crippen LogP contribution is -2.41. The van der Waals surface area contributed by atoms with Crippen LogP contribution in [0.5, 0.6) is 5.75 Å². The lowest BCUT2D eigenvalue weighted by Gasteiger charge is -2.37. The average molecular weight is 319 g/mol. The number of benzene rings is 1. The van der Waals surface area contributed by atoms with Gasteiger partial charge in [0.15, 0.2) is 0 Å². The van der Waals surface area contributed by atoms with Crippen LogP contribution in [0.4, 0.5) is 4.79 Å². The molecule has 1 amide bonds. The molecule has 126 valence electrons. The van der Waals surface area contributed by atoms with Crippen LogP contribution in [0.15, 0.2) is 18.2 Å². The summed E-state index contributed by atoms with van der Waals surface area (Å²) in [5, 5.41) is 0. The van der Waals surface area contributed by atoms with Gasteiger partial charge in [0, 0.05) is 18.0 Å². The fraction of sp³-hybridized carbons (Fsp3) is 0.611. The molecule has 5 nitrogen and oxygen atoms in total. The number of ether oxygens (including phenoxy) is 3. The standard InChI is InChI=1S/C18H25NO4/c1-17(2,3)23-16(20)19-9-14-12-7-6-8-15(21-5)13(12)10-22-18(14,4)11-19/h6-8,14H,9-11H2,1-5H3. The molecule has 0 aromatic heterocycles. The van der Waals surface area contributed by atoms with E-state index in [1.165, 1.54) is 5.56 Å². The van der Waals surface area contributed by atoms with Crippen LogP contribution in [0.25, 0.3) is 0 Å². The van der Waals surface area contributed by atoms with Crippen molar-refractivity contribution in [3.05, 3.63) is 29.3 Å². The number of methoxy groups -OCH3 is 1. The van der Waals surface area contributed by atoms with Gasteiger partial charge in [0.2, 0.25) is 0 Å². The van der Waals surface area contributed by atoms with Crippen molar-refractivity contribution in [1.82, 2.24) is 4.90 Å². The van der Waals surface area contributed by atoms with Crippen molar-refractivity contribution in [2.24, 2.45) is 0 Å². The number of carbonyl (C=O) groups is 1. The van der Waals surface area contributed by atoms with Gasteiger partial charge in [-0.3, -0.25) is 0 Å². The van der Waals surface area contributed by atoms with Gasteiger partial charge in [-0.1, -0.05) is 12.1 Å². The van der Waals surface area contributed by atoms with E-state index < -0.39 is 5.60 Å². The van der Waals surface area contributed by atoms with E-state index in [-0.39, 0.29) is 17.6 Å². The second kappa shape index (κ2) is 5.41. The van der Waals surface area contributed by atoms with Crippen LogP contribution >= 0.6 is 0 Å². The molecule has 0 spiro atoms. The molecule has 0 bridgehead atoms. The molecule has 2 unspecified atom stereocenters. The van der Waals surface area contributed by atoms with E-state index >= 15 is 0 Å². The normalized spacial score (nSPS) is 26.5. The predicted molar refractivity (Wildman–Crippen MR) is 86.7 cm³/mol. The lowest BCUT2D eigenvalue weighted by molar-refractivity contribution is -0.0582. The predicted octanol–water partition coefficient (Wildman–Crippen LogP) is 3.32. The molecule has 2 heterocycles. The van der Waals surface area contributed by atoms with Crippen LogP contribution in [-0.2, 0) is 16.1 Å². The molecule has 0 aliphatic carbocycles. The third-order valence-corrected chi connectivity index (χ3v) is 4.61. The van der Waals surface area contributed by atoms with Crippen molar-refractivity contribution in [2.75, 3.05) is 20.2 Å². The Morgan fingerprint density at radius 1 is 1.39 bits per heavy atom. The van der Waals surface area contributed by atoms with Crippen LogP contribution in [0.2, 0.25) is 0 Å². The first-order chi connectivity index (χ1) is 10.7. The number of rotatable bonds is 1. The minimum atomic E-state index is -0.492. The highest BCUT2D eigenvalue weighted by Gasteiger charge is 2.50. The number of nitrogens with zero attached hydrogens (tertiary/aromatic N) is 1. The van der Waals surface area contributed by atoms with E-state index in [0.29, 0.717) is 19.7 Å². The molecule has 5 heteroatoms. The Morgan fingerprint density at radius 2 is 2.13 bits per heavy atom. The van der Waals surface area contributed by atoms with Gasteiger partial charge in [-0.15, -0.1) is 0 Å². The molecule has 0 N–H and O–H groups in total. The maximum Gasteiger partial charge on any atom is 0.410 e. The Balaban J connectivity index is 1.87. The van der Waals surface area contributed by atoms with E-state index in [0.717, 1.165) is 11.3 Å². The van der Waals surface area contributed by atoms with Crippen molar-refractivity contribution >= 4 is 6.09 Å². The summed E-state index contributed by atoms with van der Waals surface area (Å²) in [6.07, 6.45) is -0.277. The van der Waals surface area contributed by atoms with Crippen molar-refractivity contribution < 1.29 is 19.0 Å². The molecule has 3 rings (SSSR count). The second-order valence-electron chi connectivity index (χ2n) is 7.54. The van der Waals surface area contributed by atoms with Crippen LogP contribution in [0, 0.1) is 0 Å². The Hall–Kier alpha value is -1.75. The molecule has 2 aliphatic rings. The number of likely N-dealkylation sites (tertiary alicyclic amines) is 1. The third-order valence-electron chi connectivity index (χ3n) is 4.61. The summed E-state index contributed by atoms with van der Waals surface area (Å²) in [6, 6.07) is 6.06. The summed E-state index contributed by atoms with van der Waals surface area (Å²) in [5.41, 5.74) is 1.43. The number of hydrogen-bond acceptors (Lipinski definition) is 4. The van der Waals surface area contributed by atoms with Gasteiger partial charge in [0.1, 0.15) is 11.4 Å². The van der Waals surface area contributed by atoms with E-state index in [4.69, 9.17) is 14.2 Å². The van der Waals surface area contributed by atoms with Gasteiger partial charge in [0.25, 0.3) is 0 Å². The Morgan fingerprint density at radius 3 is 2.78 bits per heavy atom. The zero-order valence-corrected chi connectivity index (χ0v) is 14.5. The molecule has 2 atom stereocenters. The highest BCUT2D eigenvalue weighted by Crippen LogP contribution is 2.46. The molecule has 23 heavy (non-hydrogen) atoms. The first-order valence-electron chi connectivity index (χ1n) is 8.01. The first kappa shape index (κ1) is 16.1.